The van der Waals surface area contributed by atoms with Crippen LogP contribution in [0.4, 0.5) is 5.82 Å². The van der Waals surface area contributed by atoms with Gasteiger partial charge in [0.25, 0.3) is 5.91 Å². The van der Waals surface area contributed by atoms with Crippen LogP contribution >= 0.6 is 0 Å². The van der Waals surface area contributed by atoms with E-state index < -0.39 is 0 Å². The average Bonchev–Trinajstić information content (AvgIpc) is 2.89. The number of anilines is 1. The summed E-state index contributed by atoms with van der Waals surface area (Å²) in [6.07, 6.45) is 3.47. The number of hydrogen-bond donors (Lipinski definition) is 2. The van der Waals surface area contributed by atoms with Crippen LogP contribution < -0.4 is 15.5 Å². The van der Waals surface area contributed by atoms with Crippen LogP contribution in [0.3, 0.4) is 0 Å². The van der Waals surface area contributed by atoms with E-state index in [1.54, 1.807) is 40.9 Å². The molecule has 3 heterocycles. The number of piperazine rings is 1. The lowest BCUT2D eigenvalue weighted by molar-refractivity contribution is -0.118. The topological polar surface area (TPSA) is 78.7 Å². The number of amides is 2. The number of nitrogens with one attached hydrogen (secondary N) is 2. The molecule has 0 saturated carbocycles. The Hall–Kier alpha value is -2.41. The molecule has 1 saturated heterocycles. The summed E-state index contributed by atoms with van der Waals surface area (Å²) in [6.45, 7) is 1.69. The Balaban J connectivity index is 1.98. The van der Waals surface area contributed by atoms with Crippen LogP contribution in [0, 0.1) is 0 Å². The minimum absolute atomic E-state index is 0.00572. The Morgan fingerprint density at radius 1 is 1.40 bits per heavy atom. The maximum absolute atomic E-state index is 11.8. The van der Waals surface area contributed by atoms with Gasteiger partial charge in [-0.15, -0.1) is 0 Å². The molecule has 2 amide bonds. The van der Waals surface area contributed by atoms with Crippen molar-refractivity contribution in [2.24, 2.45) is 0 Å². The zero-order chi connectivity index (χ0) is 14.1. The molecular formula is C13H15N5O2. The summed E-state index contributed by atoms with van der Waals surface area (Å²) in [5.74, 6) is 0.470. The summed E-state index contributed by atoms with van der Waals surface area (Å²) in [5.41, 5.74) is 1.26. The van der Waals surface area contributed by atoms with E-state index in [2.05, 4.69) is 15.6 Å². The number of carbonyl (C=O) groups is 2. The molecule has 104 valence electrons. The van der Waals surface area contributed by atoms with Gasteiger partial charge in [-0.05, 0) is 12.1 Å². The van der Waals surface area contributed by atoms with E-state index in [4.69, 9.17) is 0 Å². The molecule has 3 rings (SSSR count). The zero-order valence-electron chi connectivity index (χ0n) is 11.1. The summed E-state index contributed by atoms with van der Waals surface area (Å²) < 4.78 is 1.76. The molecule has 7 nitrogen and oxygen atoms in total. The maximum Gasteiger partial charge on any atom is 0.252 e. The van der Waals surface area contributed by atoms with Crippen LogP contribution in [0.25, 0.3) is 5.65 Å². The van der Waals surface area contributed by atoms with Crippen molar-refractivity contribution in [3.05, 3.63) is 30.1 Å². The molecular weight excluding hydrogens is 258 g/mol. The number of rotatable bonds is 2. The van der Waals surface area contributed by atoms with Crippen LogP contribution in [-0.2, 0) is 4.79 Å². The van der Waals surface area contributed by atoms with Gasteiger partial charge in [0.2, 0.25) is 5.91 Å². The third-order valence-electron chi connectivity index (χ3n) is 3.29. The molecule has 0 spiro atoms. The lowest BCUT2D eigenvalue weighted by Gasteiger charge is -2.24. The minimum atomic E-state index is -0.152. The first-order valence-electron chi connectivity index (χ1n) is 6.41. The Morgan fingerprint density at radius 2 is 2.25 bits per heavy atom. The van der Waals surface area contributed by atoms with E-state index in [0.717, 1.165) is 6.54 Å². The second kappa shape index (κ2) is 4.93. The van der Waals surface area contributed by atoms with Crippen molar-refractivity contribution in [2.75, 3.05) is 31.6 Å². The Morgan fingerprint density at radius 3 is 3.00 bits per heavy atom. The summed E-state index contributed by atoms with van der Waals surface area (Å²) in [5, 5.41) is 5.60. The van der Waals surface area contributed by atoms with Gasteiger partial charge in [-0.2, -0.15) is 0 Å². The van der Waals surface area contributed by atoms with Gasteiger partial charge in [0, 0.05) is 26.3 Å². The molecule has 0 atom stereocenters. The molecule has 0 aliphatic carbocycles. The lowest BCUT2D eigenvalue weighted by Crippen LogP contribution is -2.48. The standard InChI is InChI=1S/C13H15N5O2/c1-14-13(20)9-2-3-10-16-11(8-17(10)7-9)18-5-4-15-6-12(18)19/h2-3,7-8,15H,4-6H2,1H3,(H,14,20). The number of hydrogen-bond acceptors (Lipinski definition) is 4. The highest BCUT2D eigenvalue weighted by Crippen LogP contribution is 2.16. The van der Waals surface area contributed by atoms with Crippen molar-refractivity contribution in [1.82, 2.24) is 20.0 Å². The number of carbonyl (C=O) groups excluding carboxylic acids is 2. The highest BCUT2D eigenvalue weighted by molar-refractivity contribution is 5.95. The minimum Gasteiger partial charge on any atom is -0.355 e. The van der Waals surface area contributed by atoms with Crippen molar-refractivity contribution in [2.45, 2.75) is 0 Å². The number of pyridine rings is 1. The van der Waals surface area contributed by atoms with Crippen molar-refractivity contribution in [1.29, 1.82) is 0 Å². The summed E-state index contributed by atoms with van der Waals surface area (Å²) >= 11 is 0. The van der Waals surface area contributed by atoms with Gasteiger partial charge in [0.15, 0.2) is 5.82 Å². The van der Waals surface area contributed by atoms with Crippen molar-refractivity contribution >= 4 is 23.3 Å². The van der Waals surface area contributed by atoms with E-state index in [9.17, 15) is 9.59 Å². The van der Waals surface area contributed by atoms with E-state index >= 15 is 0 Å². The quantitative estimate of drug-likeness (QED) is 0.782. The number of imidazole rings is 1. The smallest absolute Gasteiger partial charge is 0.252 e. The van der Waals surface area contributed by atoms with Crippen molar-refractivity contribution in [3.8, 4) is 0 Å². The molecule has 20 heavy (non-hydrogen) atoms. The molecule has 1 aliphatic heterocycles. The monoisotopic (exact) mass is 273 g/mol. The highest BCUT2D eigenvalue weighted by Gasteiger charge is 2.21. The van der Waals surface area contributed by atoms with E-state index in [1.807, 2.05) is 0 Å². The predicted octanol–water partition coefficient (Wildman–Crippen LogP) is -0.370. The SMILES string of the molecule is CNC(=O)c1ccc2nc(N3CCNCC3=O)cn2c1. The molecule has 0 unspecified atom stereocenters. The average molecular weight is 273 g/mol. The first-order valence-corrected chi connectivity index (χ1v) is 6.41. The van der Waals surface area contributed by atoms with Crippen molar-refractivity contribution < 1.29 is 9.59 Å². The molecule has 0 radical (unpaired) electrons. The van der Waals surface area contributed by atoms with Gasteiger partial charge in [-0.3, -0.25) is 14.5 Å². The van der Waals surface area contributed by atoms with Gasteiger partial charge >= 0.3 is 0 Å². The van der Waals surface area contributed by atoms with Gasteiger partial charge in [-0.25, -0.2) is 4.98 Å². The van der Waals surface area contributed by atoms with E-state index in [1.165, 1.54) is 0 Å². The zero-order valence-corrected chi connectivity index (χ0v) is 11.1. The van der Waals surface area contributed by atoms with Crippen LogP contribution in [-0.4, -0.2) is 47.9 Å². The van der Waals surface area contributed by atoms with Gasteiger partial charge in [-0.1, -0.05) is 0 Å². The van der Waals surface area contributed by atoms with E-state index in [0.29, 0.717) is 30.1 Å². The maximum atomic E-state index is 11.8. The predicted molar refractivity (Wildman–Crippen MR) is 73.8 cm³/mol. The van der Waals surface area contributed by atoms with Crippen LogP contribution in [0.15, 0.2) is 24.5 Å². The molecule has 2 aromatic rings. The molecule has 0 bridgehead atoms. The van der Waals surface area contributed by atoms with Crippen LogP contribution in [0.1, 0.15) is 10.4 Å². The van der Waals surface area contributed by atoms with Crippen LogP contribution in [0.2, 0.25) is 0 Å². The fourth-order valence-electron chi connectivity index (χ4n) is 2.24. The fraction of sp³-hybridized carbons (Fsp3) is 0.308. The second-order valence-corrected chi connectivity index (χ2v) is 4.58. The summed E-state index contributed by atoms with van der Waals surface area (Å²) in [7, 11) is 1.59. The highest BCUT2D eigenvalue weighted by atomic mass is 16.2. The van der Waals surface area contributed by atoms with Gasteiger partial charge < -0.3 is 15.0 Å². The molecule has 0 aromatic carbocycles. The summed E-state index contributed by atoms with van der Waals surface area (Å²) in [4.78, 5) is 29.5. The third-order valence-corrected chi connectivity index (χ3v) is 3.29. The third kappa shape index (κ3) is 2.12. The summed E-state index contributed by atoms with van der Waals surface area (Å²) in [6, 6.07) is 3.48. The first-order chi connectivity index (χ1) is 9.69. The van der Waals surface area contributed by atoms with E-state index in [-0.39, 0.29) is 11.8 Å². The Bertz CT molecular complexity index is 678. The molecule has 2 aromatic heterocycles. The number of nitrogens with zero attached hydrogens (tertiary/aromatic N) is 3. The fourth-order valence-corrected chi connectivity index (χ4v) is 2.24. The second-order valence-electron chi connectivity index (χ2n) is 4.58. The molecule has 1 fully saturated rings. The molecule has 2 N–H and O–H groups in total. The van der Waals surface area contributed by atoms with Crippen molar-refractivity contribution in [3.63, 3.8) is 0 Å². The number of fused-ring (bicyclic) bond motifs is 1. The first kappa shape index (κ1) is 12.6. The molecule has 1 aliphatic rings. The normalized spacial score (nSPS) is 15.7. The largest absolute Gasteiger partial charge is 0.355 e. The number of aromatic nitrogens is 2. The van der Waals surface area contributed by atoms with Crippen LogP contribution in [0.5, 0.6) is 0 Å². The lowest BCUT2D eigenvalue weighted by atomic mass is 10.2. The Labute approximate surface area is 115 Å². The van der Waals surface area contributed by atoms with Gasteiger partial charge in [0.1, 0.15) is 5.65 Å². The Kier molecular flexibility index (Phi) is 3.11. The molecule has 7 heteroatoms. The van der Waals surface area contributed by atoms with Gasteiger partial charge in [0.05, 0.1) is 18.3 Å².